The summed E-state index contributed by atoms with van der Waals surface area (Å²) in [5.41, 5.74) is -0.440. The van der Waals surface area contributed by atoms with Crippen molar-refractivity contribution in [1.82, 2.24) is 4.90 Å². The summed E-state index contributed by atoms with van der Waals surface area (Å²) in [5, 5.41) is -1.60. The summed E-state index contributed by atoms with van der Waals surface area (Å²) in [5.74, 6) is 0.0801. The molecular weight excluding hydrogens is 187 g/mol. The lowest BCUT2D eigenvalue weighted by atomic mass is 9.52. The molecule has 0 N–H and O–H groups in total. The predicted octanol–water partition coefficient (Wildman–Crippen LogP) is -0.479. The summed E-state index contributed by atoms with van der Waals surface area (Å²) in [6.07, 6.45) is 1.39. The van der Waals surface area contributed by atoms with Gasteiger partial charge in [-0.05, 0) is 25.1 Å². The van der Waals surface area contributed by atoms with Crippen molar-refractivity contribution < 1.29 is 9.53 Å². The van der Waals surface area contributed by atoms with Gasteiger partial charge < -0.3 is 9.64 Å². The second-order valence-electron chi connectivity index (χ2n) is 4.41. The number of carbonyl (C=O) groups excluding carboxylic acids is 1. The Labute approximate surface area is 95.1 Å². The highest BCUT2D eigenvalue weighted by Crippen LogP contribution is 2.28. The van der Waals surface area contributed by atoms with Crippen LogP contribution in [0.25, 0.3) is 0 Å². The van der Waals surface area contributed by atoms with Crippen molar-refractivity contribution in [3.05, 3.63) is 0 Å². The Morgan fingerprint density at radius 1 is 1.33 bits per heavy atom. The van der Waals surface area contributed by atoms with E-state index in [1.165, 1.54) is 0 Å². The quantitative estimate of drug-likeness (QED) is 0.564. The van der Waals surface area contributed by atoms with Gasteiger partial charge in [0.05, 0.1) is 29.1 Å². The van der Waals surface area contributed by atoms with E-state index in [4.69, 9.17) is 28.3 Å². The molecule has 1 heterocycles. The molecule has 0 saturated carbocycles. The topological polar surface area (TPSA) is 29.5 Å². The number of hydrogen-bond donors (Lipinski definition) is 0. The van der Waals surface area contributed by atoms with Gasteiger partial charge in [0.25, 0.3) is 0 Å². The fraction of sp³-hybridized carbons (Fsp3) is 0.889. The van der Waals surface area contributed by atoms with Crippen LogP contribution in [0.5, 0.6) is 0 Å². The third-order valence-electron chi connectivity index (χ3n) is 2.69. The minimum absolute atomic E-state index is 0.0801. The Bertz CT molecular complexity index is 244. The zero-order valence-corrected chi connectivity index (χ0v) is 9.32. The van der Waals surface area contributed by atoms with Gasteiger partial charge in [0.1, 0.15) is 0 Å². The van der Waals surface area contributed by atoms with Crippen LogP contribution in [-0.4, -0.2) is 58.3 Å². The number of carbonyl (C=O) groups is 1. The summed E-state index contributed by atoms with van der Waals surface area (Å²) in [4.78, 5) is 12.9. The van der Waals surface area contributed by atoms with E-state index < -0.39 is 10.9 Å². The Morgan fingerprint density at radius 2 is 1.80 bits per heavy atom. The van der Waals surface area contributed by atoms with Crippen molar-refractivity contribution >= 4 is 29.4 Å². The Balaban J connectivity index is 2.51. The summed E-state index contributed by atoms with van der Waals surface area (Å²) in [7, 11) is 16.2. The number of hydrogen-bond acceptors (Lipinski definition) is 2. The second-order valence-corrected chi connectivity index (χ2v) is 4.41. The van der Waals surface area contributed by atoms with Crippen molar-refractivity contribution in [2.24, 2.45) is 0 Å². The molecule has 0 atom stereocenters. The fourth-order valence-electron chi connectivity index (χ4n) is 1.82. The monoisotopic (exact) mass is 201 g/mol. The van der Waals surface area contributed by atoms with Gasteiger partial charge in [-0.25, -0.2) is 0 Å². The average molecular weight is 201 g/mol. The smallest absolute Gasteiger partial charge is 0.219 e. The van der Waals surface area contributed by atoms with Crippen LogP contribution in [0.4, 0.5) is 0 Å². The maximum absolute atomic E-state index is 11.1. The predicted molar refractivity (Wildman–Crippen MR) is 61.0 cm³/mol. The number of rotatable bonds is 2. The SMILES string of the molecule is [B]C([B])([B])OC1(C)CCN(C(C)=O)CC1. The van der Waals surface area contributed by atoms with E-state index in [0.29, 0.717) is 25.9 Å². The molecule has 1 fully saturated rings. The summed E-state index contributed by atoms with van der Waals surface area (Å²) in [6.45, 7) is 4.78. The maximum Gasteiger partial charge on any atom is 0.219 e. The average Bonchev–Trinajstić information content (AvgIpc) is 2.00. The van der Waals surface area contributed by atoms with E-state index >= 15 is 0 Å². The third-order valence-corrected chi connectivity index (χ3v) is 2.69. The van der Waals surface area contributed by atoms with Crippen LogP contribution >= 0.6 is 0 Å². The molecule has 0 aromatic rings. The lowest BCUT2D eigenvalue weighted by molar-refractivity contribution is -0.135. The molecule has 1 amide bonds. The second kappa shape index (κ2) is 4.24. The van der Waals surface area contributed by atoms with Gasteiger partial charge in [0.2, 0.25) is 5.91 Å². The molecule has 0 aliphatic carbocycles. The van der Waals surface area contributed by atoms with Crippen LogP contribution in [0, 0.1) is 0 Å². The number of nitrogens with zero attached hydrogens (tertiary/aromatic N) is 1. The van der Waals surface area contributed by atoms with Crippen molar-refractivity contribution in [3.63, 3.8) is 0 Å². The van der Waals surface area contributed by atoms with Crippen LogP contribution in [0.15, 0.2) is 0 Å². The van der Waals surface area contributed by atoms with E-state index in [1.54, 1.807) is 11.8 Å². The molecule has 76 valence electrons. The van der Waals surface area contributed by atoms with Gasteiger partial charge in [-0.15, -0.1) is 0 Å². The van der Waals surface area contributed by atoms with Crippen LogP contribution in [0.1, 0.15) is 26.7 Å². The van der Waals surface area contributed by atoms with Crippen LogP contribution in [-0.2, 0) is 9.53 Å². The van der Waals surface area contributed by atoms with E-state index in [-0.39, 0.29) is 5.91 Å². The van der Waals surface area contributed by atoms with E-state index in [9.17, 15) is 4.79 Å². The summed E-state index contributed by atoms with van der Waals surface area (Å²) >= 11 is 0. The van der Waals surface area contributed by atoms with E-state index in [1.807, 2.05) is 6.92 Å². The third kappa shape index (κ3) is 3.94. The molecule has 1 aliphatic heterocycles. The zero-order chi connectivity index (χ0) is 11.7. The standard InChI is InChI=1S/C9H14B3NO2/c1-7(14)13-5-3-8(2,4-6-13)15-9(10,11)12/h3-6H2,1-2H3. The van der Waals surface area contributed by atoms with Gasteiger partial charge in [-0.3, -0.25) is 4.79 Å². The van der Waals surface area contributed by atoms with Gasteiger partial charge >= 0.3 is 0 Å². The Hall–Kier alpha value is -0.375. The lowest BCUT2D eigenvalue weighted by Gasteiger charge is -2.43. The van der Waals surface area contributed by atoms with Crippen molar-refractivity contribution in [1.29, 1.82) is 0 Å². The number of piperidine rings is 1. The summed E-state index contributed by atoms with van der Waals surface area (Å²) in [6, 6.07) is 0. The fourth-order valence-corrected chi connectivity index (χ4v) is 1.82. The van der Waals surface area contributed by atoms with Crippen LogP contribution in [0.2, 0.25) is 0 Å². The van der Waals surface area contributed by atoms with Crippen molar-refractivity contribution in [2.45, 2.75) is 37.6 Å². The Kier molecular flexibility index (Phi) is 3.59. The first-order valence-electron chi connectivity index (χ1n) is 5.04. The minimum atomic E-state index is -1.60. The summed E-state index contributed by atoms with van der Waals surface area (Å²) < 4.78 is 5.39. The zero-order valence-electron chi connectivity index (χ0n) is 9.32. The lowest BCUT2D eigenvalue weighted by Crippen LogP contribution is -2.51. The highest BCUT2D eigenvalue weighted by Gasteiger charge is 2.34. The molecule has 0 aromatic heterocycles. The maximum atomic E-state index is 11.1. The Morgan fingerprint density at radius 3 is 2.13 bits per heavy atom. The molecule has 0 spiro atoms. The molecule has 0 bridgehead atoms. The number of amides is 1. The molecular formula is C9H14B3NO2. The number of likely N-dealkylation sites (tertiary alicyclic amines) is 1. The molecule has 0 aromatic carbocycles. The van der Waals surface area contributed by atoms with Crippen molar-refractivity contribution in [3.8, 4) is 0 Å². The first-order chi connectivity index (χ1) is 6.72. The normalized spacial score (nSPS) is 21.3. The molecule has 3 nitrogen and oxygen atoms in total. The minimum Gasteiger partial charge on any atom is -0.397 e. The van der Waals surface area contributed by atoms with Gasteiger partial charge in [-0.2, -0.15) is 0 Å². The highest BCUT2D eigenvalue weighted by atomic mass is 16.5. The highest BCUT2D eigenvalue weighted by molar-refractivity contribution is 6.58. The molecule has 1 saturated heterocycles. The van der Waals surface area contributed by atoms with E-state index in [0.717, 1.165) is 0 Å². The molecule has 1 aliphatic rings. The number of ether oxygens (including phenoxy) is 1. The first kappa shape index (κ1) is 12.7. The molecule has 0 unspecified atom stereocenters. The molecule has 6 radical (unpaired) electrons. The van der Waals surface area contributed by atoms with Crippen LogP contribution < -0.4 is 0 Å². The van der Waals surface area contributed by atoms with E-state index in [2.05, 4.69) is 0 Å². The van der Waals surface area contributed by atoms with Gasteiger partial charge in [0.15, 0.2) is 0 Å². The molecule has 15 heavy (non-hydrogen) atoms. The molecule has 1 rings (SSSR count). The van der Waals surface area contributed by atoms with Gasteiger partial charge in [0, 0.05) is 20.0 Å². The van der Waals surface area contributed by atoms with Crippen molar-refractivity contribution in [2.75, 3.05) is 13.1 Å². The molecule has 6 heteroatoms. The largest absolute Gasteiger partial charge is 0.397 e. The van der Waals surface area contributed by atoms with Crippen LogP contribution in [0.3, 0.4) is 0 Å². The first-order valence-corrected chi connectivity index (χ1v) is 5.04. The van der Waals surface area contributed by atoms with Gasteiger partial charge in [-0.1, -0.05) is 0 Å².